The van der Waals surface area contributed by atoms with Crippen molar-refractivity contribution in [1.82, 2.24) is 0 Å². The first kappa shape index (κ1) is 31.3. The minimum atomic E-state index is -0.781. The molecule has 0 N–H and O–H groups in total. The number of ether oxygens (including phenoxy) is 1. The van der Waals surface area contributed by atoms with Gasteiger partial charge < -0.3 is 4.74 Å². The number of hydrogen-bond acceptors (Lipinski definition) is 1. The molecule has 1 aliphatic carbocycles. The Kier molecular flexibility index (Phi) is 10.7. The van der Waals surface area contributed by atoms with Gasteiger partial charge in [-0.1, -0.05) is 110 Å². The predicted molar refractivity (Wildman–Crippen MR) is 170 cm³/mol. The summed E-state index contributed by atoms with van der Waals surface area (Å²) in [5, 5.41) is 0. The monoisotopic (exact) mass is 560 g/mol. The Labute approximate surface area is 247 Å². The van der Waals surface area contributed by atoms with Crippen molar-refractivity contribution in [3.05, 3.63) is 76.9 Å². The van der Waals surface area contributed by atoms with Crippen LogP contribution in [-0.4, -0.2) is 6.61 Å². The molecule has 1 saturated carbocycles. The maximum Gasteiger partial charge on any atom is 0.167 e. The van der Waals surface area contributed by atoms with Crippen LogP contribution in [0, 0.1) is 23.0 Å². The van der Waals surface area contributed by atoms with Gasteiger partial charge in [0.15, 0.2) is 11.6 Å². The molecule has 0 saturated heterocycles. The first-order chi connectivity index (χ1) is 19.8. The van der Waals surface area contributed by atoms with Gasteiger partial charge in [0.1, 0.15) is 5.75 Å². The van der Waals surface area contributed by atoms with Gasteiger partial charge in [-0.15, -0.1) is 0 Å². The van der Waals surface area contributed by atoms with Gasteiger partial charge in [-0.05, 0) is 89.3 Å². The Morgan fingerprint density at radius 3 is 1.88 bits per heavy atom. The van der Waals surface area contributed by atoms with Gasteiger partial charge in [-0.25, -0.2) is 8.78 Å². The number of halogens is 2. The van der Waals surface area contributed by atoms with Gasteiger partial charge >= 0.3 is 0 Å². The number of rotatable bonds is 12. The smallest absolute Gasteiger partial charge is 0.167 e. The van der Waals surface area contributed by atoms with Crippen LogP contribution in [0.3, 0.4) is 0 Å². The SMILES string of the molecule is CCc1cc(-c2ccc(-c3ccc(C4CCC(C)CC4)cc3)c(F)c2F)c(CC)cc1OCCC(CC)(CC)CC. The quantitative estimate of drug-likeness (QED) is 0.214. The summed E-state index contributed by atoms with van der Waals surface area (Å²) in [6, 6.07) is 15.7. The lowest BCUT2D eigenvalue weighted by atomic mass is 9.77. The van der Waals surface area contributed by atoms with Crippen LogP contribution in [0.1, 0.15) is 116 Å². The third kappa shape index (κ3) is 6.87. The zero-order valence-corrected chi connectivity index (χ0v) is 26.2. The second kappa shape index (κ2) is 14.0. The van der Waals surface area contributed by atoms with E-state index in [0.29, 0.717) is 35.5 Å². The molecule has 0 heterocycles. The van der Waals surface area contributed by atoms with E-state index in [1.165, 1.54) is 31.2 Å². The molecule has 41 heavy (non-hydrogen) atoms. The highest BCUT2D eigenvalue weighted by molar-refractivity contribution is 5.75. The minimum absolute atomic E-state index is 0.315. The molecule has 222 valence electrons. The van der Waals surface area contributed by atoms with Gasteiger partial charge in [-0.2, -0.15) is 0 Å². The molecule has 0 atom stereocenters. The Bertz CT molecular complexity index is 1270. The molecule has 0 bridgehead atoms. The van der Waals surface area contributed by atoms with E-state index in [2.05, 4.69) is 59.7 Å². The molecule has 3 aromatic rings. The average Bonchev–Trinajstić information content (AvgIpc) is 3.01. The highest BCUT2D eigenvalue weighted by Crippen LogP contribution is 2.39. The van der Waals surface area contributed by atoms with Gasteiger partial charge in [0.05, 0.1) is 6.61 Å². The third-order valence-electron chi connectivity index (χ3n) is 10.3. The summed E-state index contributed by atoms with van der Waals surface area (Å²) in [5.41, 5.74) is 5.74. The maximum atomic E-state index is 15.7. The second-order valence-electron chi connectivity index (χ2n) is 12.4. The third-order valence-corrected chi connectivity index (χ3v) is 10.3. The van der Waals surface area contributed by atoms with Crippen LogP contribution in [0.2, 0.25) is 0 Å². The van der Waals surface area contributed by atoms with Crippen LogP contribution in [0.5, 0.6) is 5.75 Å². The van der Waals surface area contributed by atoms with Crippen molar-refractivity contribution in [2.45, 2.75) is 112 Å². The first-order valence-corrected chi connectivity index (χ1v) is 16.2. The molecular formula is C38H50F2O. The topological polar surface area (TPSA) is 9.23 Å². The average molecular weight is 561 g/mol. The van der Waals surface area contributed by atoms with E-state index >= 15 is 8.78 Å². The lowest BCUT2D eigenvalue weighted by molar-refractivity contribution is 0.173. The minimum Gasteiger partial charge on any atom is -0.493 e. The van der Waals surface area contributed by atoms with Crippen LogP contribution in [0.15, 0.2) is 48.5 Å². The molecule has 0 spiro atoms. The molecule has 3 heteroatoms. The predicted octanol–water partition coefficient (Wildman–Crippen LogP) is 11.7. The van der Waals surface area contributed by atoms with E-state index in [4.69, 9.17) is 4.74 Å². The molecule has 0 amide bonds. The molecule has 3 aromatic carbocycles. The first-order valence-electron chi connectivity index (χ1n) is 16.2. The van der Waals surface area contributed by atoms with Crippen LogP contribution < -0.4 is 4.74 Å². The van der Waals surface area contributed by atoms with Gasteiger partial charge in [0, 0.05) is 11.1 Å². The summed E-state index contributed by atoms with van der Waals surface area (Å²) in [4.78, 5) is 0. The van der Waals surface area contributed by atoms with Crippen molar-refractivity contribution in [2.75, 3.05) is 6.61 Å². The lowest BCUT2D eigenvalue weighted by Crippen LogP contribution is -2.21. The van der Waals surface area contributed by atoms with Crippen molar-refractivity contribution in [2.24, 2.45) is 11.3 Å². The van der Waals surface area contributed by atoms with Gasteiger partial charge in [0.25, 0.3) is 0 Å². The van der Waals surface area contributed by atoms with Crippen molar-refractivity contribution >= 4 is 0 Å². The largest absolute Gasteiger partial charge is 0.493 e. The molecule has 1 nitrogen and oxygen atoms in total. The fraction of sp³-hybridized carbons (Fsp3) is 0.526. The van der Waals surface area contributed by atoms with Crippen LogP contribution in [-0.2, 0) is 12.8 Å². The van der Waals surface area contributed by atoms with Crippen molar-refractivity contribution in [3.8, 4) is 28.0 Å². The summed E-state index contributed by atoms with van der Waals surface area (Å²) < 4.78 is 37.7. The highest BCUT2D eigenvalue weighted by atomic mass is 19.2. The molecule has 4 rings (SSSR count). The van der Waals surface area contributed by atoms with E-state index < -0.39 is 11.6 Å². The second-order valence-corrected chi connectivity index (χ2v) is 12.4. The summed E-state index contributed by atoms with van der Waals surface area (Å²) >= 11 is 0. The Balaban J connectivity index is 1.58. The molecule has 0 unspecified atom stereocenters. The summed E-state index contributed by atoms with van der Waals surface area (Å²) in [6.07, 6.45) is 10.9. The lowest BCUT2D eigenvalue weighted by Gasteiger charge is -2.30. The standard InChI is InChI=1S/C38H50F2O/c1-7-27-25-35(41-23-22-38(9-3,10-4)11-5)28(8-2)24-34(27)33-21-20-32(36(39)37(33)40)31-18-16-30(17-19-31)29-14-12-26(6)13-15-29/h16-21,24-26,29H,7-15,22-23H2,1-6H3. The zero-order valence-electron chi connectivity index (χ0n) is 26.2. The normalized spacial score (nSPS) is 17.6. The summed E-state index contributed by atoms with van der Waals surface area (Å²) in [5.74, 6) is 0.687. The number of aryl methyl sites for hydroxylation is 2. The van der Waals surface area contributed by atoms with Gasteiger partial charge in [0.2, 0.25) is 0 Å². The fourth-order valence-electron chi connectivity index (χ4n) is 6.79. The fourth-order valence-corrected chi connectivity index (χ4v) is 6.79. The Morgan fingerprint density at radius 2 is 1.29 bits per heavy atom. The van der Waals surface area contributed by atoms with E-state index in [0.717, 1.165) is 66.0 Å². The van der Waals surface area contributed by atoms with Crippen molar-refractivity contribution in [3.63, 3.8) is 0 Å². The van der Waals surface area contributed by atoms with E-state index in [-0.39, 0.29) is 0 Å². The van der Waals surface area contributed by atoms with Crippen molar-refractivity contribution in [1.29, 1.82) is 0 Å². The highest BCUT2D eigenvalue weighted by Gasteiger charge is 2.25. The Morgan fingerprint density at radius 1 is 0.707 bits per heavy atom. The maximum absolute atomic E-state index is 15.7. The van der Waals surface area contributed by atoms with E-state index in [1.807, 2.05) is 18.2 Å². The number of hydrogen-bond donors (Lipinski definition) is 0. The van der Waals surface area contributed by atoms with E-state index in [9.17, 15) is 0 Å². The van der Waals surface area contributed by atoms with Crippen LogP contribution in [0.4, 0.5) is 8.78 Å². The molecule has 1 aliphatic rings. The van der Waals surface area contributed by atoms with Crippen molar-refractivity contribution < 1.29 is 13.5 Å². The zero-order chi connectivity index (χ0) is 29.6. The molecular weight excluding hydrogens is 510 g/mol. The molecule has 0 radical (unpaired) electrons. The Hall–Kier alpha value is -2.68. The summed E-state index contributed by atoms with van der Waals surface area (Å²) in [7, 11) is 0. The molecule has 0 aliphatic heterocycles. The number of benzene rings is 3. The van der Waals surface area contributed by atoms with Gasteiger partial charge in [-0.3, -0.25) is 0 Å². The van der Waals surface area contributed by atoms with Crippen LogP contribution >= 0.6 is 0 Å². The summed E-state index contributed by atoms with van der Waals surface area (Å²) in [6.45, 7) is 13.9. The van der Waals surface area contributed by atoms with E-state index in [1.54, 1.807) is 12.1 Å². The molecule has 0 aromatic heterocycles. The van der Waals surface area contributed by atoms with Crippen LogP contribution in [0.25, 0.3) is 22.3 Å². The molecule has 1 fully saturated rings.